The monoisotopic (exact) mass is 256 g/mol. The van der Waals surface area contributed by atoms with Gasteiger partial charge in [-0.1, -0.05) is 13.0 Å². The largest absolute Gasteiger partial charge is 0.478 e. The number of hydrogen-bond acceptors (Lipinski definition) is 3. The van der Waals surface area contributed by atoms with Crippen molar-refractivity contribution in [3.8, 4) is 0 Å². The van der Waals surface area contributed by atoms with Crippen molar-refractivity contribution in [1.82, 2.24) is 0 Å². The molecule has 0 atom stereocenters. The second-order valence-electron chi connectivity index (χ2n) is 3.77. The van der Waals surface area contributed by atoms with Gasteiger partial charge in [0.15, 0.2) is 0 Å². The van der Waals surface area contributed by atoms with E-state index in [2.05, 4.69) is 0 Å². The maximum atomic E-state index is 12.9. The Hall–Kier alpha value is -1.46. The lowest BCUT2D eigenvalue weighted by Gasteiger charge is -2.08. The number of ether oxygens (including phenoxy) is 2. The zero-order valence-corrected chi connectivity index (χ0v) is 10.3. The summed E-state index contributed by atoms with van der Waals surface area (Å²) in [5, 5.41) is 8.92. The van der Waals surface area contributed by atoms with Gasteiger partial charge in [0.2, 0.25) is 0 Å². The number of halogens is 1. The molecule has 18 heavy (non-hydrogen) atoms. The molecular formula is C13H17FO4. The zero-order chi connectivity index (χ0) is 13.4. The fourth-order valence-corrected chi connectivity index (χ4v) is 1.42. The molecule has 1 rings (SSSR count). The molecular weight excluding hydrogens is 239 g/mol. The third-order valence-electron chi connectivity index (χ3n) is 2.28. The number of carboxylic acids is 1. The summed E-state index contributed by atoms with van der Waals surface area (Å²) in [6, 6.07) is 3.64. The van der Waals surface area contributed by atoms with E-state index < -0.39 is 11.8 Å². The van der Waals surface area contributed by atoms with Crippen LogP contribution in [0.15, 0.2) is 18.2 Å². The summed E-state index contributed by atoms with van der Waals surface area (Å²) >= 11 is 0. The highest BCUT2D eigenvalue weighted by molar-refractivity contribution is 5.89. The Bertz CT molecular complexity index is 393. The molecule has 0 bridgehead atoms. The van der Waals surface area contributed by atoms with E-state index in [4.69, 9.17) is 14.6 Å². The summed E-state index contributed by atoms with van der Waals surface area (Å²) in [7, 11) is 0. The van der Waals surface area contributed by atoms with Crippen molar-refractivity contribution in [3.63, 3.8) is 0 Å². The summed E-state index contributed by atoms with van der Waals surface area (Å²) in [6.07, 6.45) is 0.946. The van der Waals surface area contributed by atoms with Gasteiger partial charge in [-0.3, -0.25) is 0 Å². The van der Waals surface area contributed by atoms with Crippen molar-refractivity contribution in [2.45, 2.75) is 20.0 Å². The first-order chi connectivity index (χ1) is 8.65. The number of rotatable bonds is 8. The van der Waals surface area contributed by atoms with E-state index in [1.54, 1.807) is 0 Å². The fraction of sp³-hybridized carbons (Fsp3) is 0.462. The lowest BCUT2D eigenvalue weighted by molar-refractivity contribution is 0.0401. The minimum atomic E-state index is -1.16. The van der Waals surface area contributed by atoms with Gasteiger partial charge < -0.3 is 14.6 Å². The molecule has 0 unspecified atom stereocenters. The number of hydrogen-bond donors (Lipinski definition) is 1. The highest BCUT2D eigenvalue weighted by atomic mass is 19.1. The molecule has 0 aliphatic rings. The molecule has 0 fully saturated rings. The van der Waals surface area contributed by atoms with Gasteiger partial charge in [-0.25, -0.2) is 9.18 Å². The third-order valence-corrected chi connectivity index (χ3v) is 2.28. The van der Waals surface area contributed by atoms with Crippen LogP contribution in [0.2, 0.25) is 0 Å². The van der Waals surface area contributed by atoms with Gasteiger partial charge in [0, 0.05) is 6.61 Å². The van der Waals surface area contributed by atoms with E-state index in [1.807, 2.05) is 6.92 Å². The Labute approximate surface area is 105 Å². The molecule has 0 spiro atoms. The third kappa shape index (κ3) is 4.81. The van der Waals surface area contributed by atoms with Crippen LogP contribution in [0.1, 0.15) is 29.3 Å². The molecule has 100 valence electrons. The number of benzene rings is 1. The molecule has 1 aromatic rings. The quantitative estimate of drug-likeness (QED) is 0.726. The van der Waals surface area contributed by atoms with Crippen LogP contribution < -0.4 is 0 Å². The van der Waals surface area contributed by atoms with Crippen LogP contribution in [-0.4, -0.2) is 30.9 Å². The molecule has 4 nitrogen and oxygen atoms in total. The molecule has 0 aliphatic carbocycles. The number of aromatic carboxylic acids is 1. The standard InChI is InChI=1S/C13H17FO4/c1-2-5-17-6-7-18-9-10-3-4-11(14)8-12(10)13(15)16/h3-4,8H,2,5-7,9H2,1H3,(H,15,16). The topological polar surface area (TPSA) is 55.8 Å². The Morgan fingerprint density at radius 2 is 2.00 bits per heavy atom. The van der Waals surface area contributed by atoms with Crippen LogP contribution in [0.3, 0.4) is 0 Å². The first-order valence-electron chi connectivity index (χ1n) is 5.82. The summed E-state index contributed by atoms with van der Waals surface area (Å²) in [6.45, 7) is 3.68. The van der Waals surface area contributed by atoms with Gasteiger partial charge in [0.1, 0.15) is 5.82 Å². The minimum absolute atomic E-state index is 0.0653. The van der Waals surface area contributed by atoms with Gasteiger partial charge in [-0.15, -0.1) is 0 Å². The van der Waals surface area contributed by atoms with E-state index in [0.717, 1.165) is 12.5 Å². The van der Waals surface area contributed by atoms with Crippen molar-refractivity contribution < 1.29 is 23.8 Å². The van der Waals surface area contributed by atoms with Crippen LogP contribution in [0.5, 0.6) is 0 Å². The van der Waals surface area contributed by atoms with Gasteiger partial charge in [-0.05, 0) is 24.1 Å². The van der Waals surface area contributed by atoms with E-state index in [9.17, 15) is 9.18 Å². The Morgan fingerprint density at radius 3 is 2.67 bits per heavy atom. The van der Waals surface area contributed by atoms with Gasteiger partial charge in [0.25, 0.3) is 0 Å². The summed E-state index contributed by atoms with van der Waals surface area (Å²) in [4.78, 5) is 10.9. The Kier molecular flexibility index (Phi) is 6.32. The maximum absolute atomic E-state index is 12.9. The van der Waals surface area contributed by atoms with Gasteiger partial charge >= 0.3 is 5.97 Å². The summed E-state index contributed by atoms with van der Waals surface area (Å²) in [5.41, 5.74) is 0.392. The highest BCUT2D eigenvalue weighted by Crippen LogP contribution is 2.12. The predicted octanol–water partition coefficient (Wildman–Crippen LogP) is 2.47. The maximum Gasteiger partial charge on any atom is 0.336 e. The van der Waals surface area contributed by atoms with Crippen LogP contribution in [0.4, 0.5) is 4.39 Å². The Morgan fingerprint density at radius 1 is 1.28 bits per heavy atom. The van der Waals surface area contributed by atoms with E-state index in [-0.39, 0.29) is 12.2 Å². The zero-order valence-electron chi connectivity index (χ0n) is 10.3. The van der Waals surface area contributed by atoms with Crippen molar-refractivity contribution >= 4 is 5.97 Å². The summed E-state index contributed by atoms with van der Waals surface area (Å²) < 4.78 is 23.4. The van der Waals surface area contributed by atoms with E-state index in [0.29, 0.717) is 25.4 Å². The minimum Gasteiger partial charge on any atom is -0.478 e. The van der Waals surface area contributed by atoms with Crippen LogP contribution in [0.25, 0.3) is 0 Å². The van der Waals surface area contributed by atoms with E-state index in [1.165, 1.54) is 12.1 Å². The van der Waals surface area contributed by atoms with Crippen molar-refractivity contribution in [2.75, 3.05) is 19.8 Å². The highest BCUT2D eigenvalue weighted by Gasteiger charge is 2.11. The molecule has 0 radical (unpaired) electrons. The van der Waals surface area contributed by atoms with E-state index >= 15 is 0 Å². The van der Waals surface area contributed by atoms with Crippen LogP contribution >= 0.6 is 0 Å². The predicted molar refractivity (Wildman–Crippen MR) is 64.1 cm³/mol. The van der Waals surface area contributed by atoms with Crippen molar-refractivity contribution in [1.29, 1.82) is 0 Å². The smallest absolute Gasteiger partial charge is 0.336 e. The average molecular weight is 256 g/mol. The fourth-order valence-electron chi connectivity index (χ4n) is 1.42. The number of carboxylic acid groups (broad SMARTS) is 1. The molecule has 5 heteroatoms. The lowest BCUT2D eigenvalue weighted by atomic mass is 10.1. The Balaban J connectivity index is 2.44. The molecule has 0 aromatic heterocycles. The molecule has 0 amide bonds. The van der Waals surface area contributed by atoms with Gasteiger partial charge in [0.05, 0.1) is 25.4 Å². The second kappa shape index (κ2) is 7.79. The molecule has 1 aromatic carbocycles. The molecule has 0 saturated carbocycles. The second-order valence-corrected chi connectivity index (χ2v) is 3.77. The first kappa shape index (κ1) is 14.6. The van der Waals surface area contributed by atoms with Crippen molar-refractivity contribution in [3.05, 3.63) is 35.1 Å². The molecule has 0 heterocycles. The van der Waals surface area contributed by atoms with Crippen LogP contribution in [-0.2, 0) is 16.1 Å². The molecule has 0 aliphatic heterocycles. The first-order valence-corrected chi connectivity index (χ1v) is 5.82. The summed E-state index contributed by atoms with van der Waals surface area (Å²) in [5.74, 6) is -1.72. The molecule has 1 N–H and O–H groups in total. The normalized spacial score (nSPS) is 10.6. The van der Waals surface area contributed by atoms with Gasteiger partial charge in [-0.2, -0.15) is 0 Å². The SMILES string of the molecule is CCCOCCOCc1ccc(F)cc1C(=O)O. The molecule has 0 saturated heterocycles. The lowest BCUT2D eigenvalue weighted by Crippen LogP contribution is -2.08. The number of carbonyl (C=O) groups is 1. The average Bonchev–Trinajstić information content (AvgIpc) is 2.35. The van der Waals surface area contributed by atoms with Crippen molar-refractivity contribution in [2.24, 2.45) is 0 Å². The van der Waals surface area contributed by atoms with Crippen LogP contribution in [0, 0.1) is 5.82 Å².